The summed E-state index contributed by atoms with van der Waals surface area (Å²) in [6.45, 7) is 1.86. The maximum atomic E-state index is 11.2. The number of aryl methyl sites for hydroxylation is 1. The fourth-order valence-electron chi connectivity index (χ4n) is 2.25. The number of carboxylic acids is 1. The predicted molar refractivity (Wildman–Crippen MR) is 76.8 cm³/mol. The molecule has 0 atom stereocenters. The average Bonchev–Trinajstić information content (AvgIpc) is 2.78. The van der Waals surface area contributed by atoms with Gasteiger partial charge in [-0.05, 0) is 18.1 Å². The van der Waals surface area contributed by atoms with E-state index in [2.05, 4.69) is 4.98 Å². The number of aromatic nitrogens is 1. The fraction of sp³-hybridized carbons (Fsp3) is 0.0667. The number of carboxylic acid groups (broad SMARTS) is 1. The van der Waals surface area contributed by atoms with Gasteiger partial charge in [-0.3, -0.25) is 4.98 Å². The summed E-state index contributed by atoms with van der Waals surface area (Å²) in [5.41, 5.74) is 2.85. The Morgan fingerprint density at radius 2 is 1.95 bits per heavy atom. The number of hydrogen-bond donors (Lipinski definition) is 1. The Morgan fingerprint density at radius 3 is 2.63 bits per heavy atom. The number of carbonyl (C=O) groups is 1. The highest BCUT2D eigenvalue weighted by molar-refractivity contribution is 7.21. The number of fused-ring (bicyclic) bond motifs is 1. The van der Waals surface area contributed by atoms with Crippen LogP contribution in [-0.4, -0.2) is 16.1 Å². The van der Waals surface area contributed by atoms with Crippen molar-refractivity contribution in [2.45, 2.75) is 6.92 Å². The molecule has 2 aromatic heterocycles. The zero-order chi connectivity index (χ0) is 13.4. The van der Waals surface area contributed by atoms with Gasteiger partial charge in [0.2, 0.25) is 0 Å². The average molecular weight is 269 g/mol. The third kappa shape index (κ3) is 1.90. The van der Waals surface area contributed by atoms with Crippen LogP contribution in [-0.2, 0) is 0 Å². The normalized spacial score (nSPS) is 10.8. The summed E-state index contributed by atoms with van der Waals surface area (Å²) in [6, 6.07) is 9.91. The number of rotatable bonds is 2. The first-order valence-corrected chi connectivity index (χ1v) is 6.66. The third-order valence-corrected chi connectivity index (χ3v) is 4.33. The highest BCUT2D eigenvalue weighted by Crippen LogP contribution is 2.36. The molecular weight excluding hydrogens is 258 g/mol. The first kappa shape index (κ1) is 11.9. The Bertz CT molecular complexity index is 762. The lowest BCUT2D eigenvalue weighted by Crippen LogP contribution is -1.94. The van der Waals surface area contributed by atoms with Crippen molar-refractivity contribution in [1.29, 1.82) is 0 Å². The molecule has 0 saturated heterocycles. The van der Waals surface area contributed by atoms with Gasteiger partial charge in [-0.25, -0.2) is 4.79 Å². The summed E-state index contributed by atoms with van der Waals surface area (Å²) >= 11 is 1.28. The highest BCUT2D eigenvalue weighted by Gasteiger charge is 2.17. The van der Waals surface area contributed by atoms with Crippen molar-refractivity contribution < 1.29 is 9.90 Å². The molecule has 94 valence electrons. The summed E-state index contributed by atoms with van der Waals surface area (Å²) < 4.78 is 0.913. The van der Waals surface area contributed by atoms with E-state index in [1.165, 1.54) is 11.3 Å². The van der Waals surface area contributed by atoms with E-state index in [-0.39, 0.29) is 0 Å². The highest BCUT2D eigenvalue weighted by atomic mass is 32.1. The van der Waals surface area contributed by atoms with Crippen molar-refractivity contribution in [3.05, 3.63) is 53.2 Å². The van der Waals surface area contributed by atoms with Gasteiger partial charge in [-0.15, -0.1) is 11.3 Å². The first-order valence-electron chi connectivity index (χ1n) is 5.84. The van der Waals surface area contributed by atoms with Crippen LogP contribution in [0.4, 0.5) is 0 Å². The van der Waals surface area contributed by atoms with Crippen LogP contribution in [0.1, 0.15) is 15.2 Å². The summed E-state index contributed by atoms with van der Waals surface area (Å²) in [5, 5.41) is 10.2. The van der Waals surface area contributed by atoms with Gasteiger partial charge < -0.3 is 5.11 Å². The minimum absolute atomic E-state index is 0.389. The van der Waals surface area contributed by atoms with E-state index in [1.54, 1.807) is 12.4 Å². The second kappa shape index (κ2) is 4.48. The molecule has 0 aliphatic rings. The summed E-state index contributed by atoms with van der Waals surface area (Å²) in [5.74, 6) is -0.877. The van der Waals surface area contributed by atoms with Gasteiger partial charge in [-0.2, -0.15) is 0 Å². The molecule has 0 radical (unpaired) electrons. The fourth-order valence-corrected chi connectivity index (χ4v) is 3.29. The number of aromatic carboxylic acids is 1. The Labute approximate surface area is 114 Å². The monoisotopic (exact) mass is 269 g/mol. The molecule has 0 bridgehead atoms. The molecule has 3 aromatic rings. The van der Waals surface area contributed by atoms with Crippen LogP contribution in [0.5, 0.6) is 0 Å². The number of thiophene rings is 1. The van der Waals surface area contributed by atoms with E-state index in [0.717, 1.165) is 26.8 Å². The van der Waals surface area contributed by atoms with E-state index < -0.39 is 5.97 Å². The van der Waals surface area contributed by atoms with Crippen LogP contribution in [0.3, 0.4) is 0 Å². The van der Waals surface area contributed by atoms with Gasteiger partial charge in [0.05, 0.1) is 4.70 Å². The van der Waals surface area contributed by atoms with Crippen molar-refractivity contribution in [3.63, 3.8) is 0 Å². The smallest absolute Gasteiger partial charge is 0.346 e. The van der Waals surface area contributed by atoms with Crippen LogP contribution < -0.4 is 0 Å². The maximum absolute atomic E-state index is 11.2. The van der Waals surface area contributed by atoms with Crippen molar-refractivity contribution in [2.75, 3.05) is 0 Å². The lowest BCUT2D eigenvalue weighted by Gasteiger charge is -2.04. The molecule has 2 heterocycles. The second-order valence-corrected chi connectivity index (χ2v) is 5.34. The molecule has 4 heteroatoms. The van der Waals surface area contributed by atoms with Crippen molar-refractivity contribution >= 4 is 27.4 Å². The van der Waals surface area contributed by atoms with Crippen molar-refractivity contribution in [3.8, 4) is 11.1 Å². The van der Waals surface area contributed by atoms with Crippen LogP contribution in [0.2, 0.25) is 0 Å². The summed E-state index contributed by atoms with van der Waals surface area (Å²) in [6.07, 6.45) is 3.52. The van der Waals surface area contributed by atoms with Crippen molar-refractivity contribution in [2.24, 2.45) is 0 Å². The summed E-state index contributed by atoms with van der Waals surface area (Å²) in [7, 11) is 0. The Hall–Kier alpha value is -2.20. The van der Waals surface area contributed by atoms with Gasteiger partial charge in [0.15, 0.2) is 0 Å². The van der Waals surface area contributed by atoms with Gasteiger partial charge in [0, 0.05) is 23.3 Å². The van der Waals surface area contributed by atoms with Gasteiger partial charge in [-0.1, -0.05) is 30.3 Å². The second-order valence-electron chi connectivity index (χ2n) is 4.29. The standard InChI is InChI=1S/C15H11NO2S/c1-9-13-11(10-5-3-2-4-6-10)7-16-8-12(13)19-14(9)15(17)18/h2-8H,1H3,(H,17,18). The van der Waals surface area contributed by atoms with Crippen LogP contribution >= 0.6 is 11.3 Å². The van der Waals surface area contributed by atoms with E-state index in [9.17, 15) is 9.90 Å². The maximum Gasteiger partial charge on any atom is 0.346 e. The van der Waals surface area contributed by atoms with E-state index in [1.807, 2.05) is 37.3 Å². The van der Waals surface area contributed by atoms with Gasteiger partial charge in [0.1, 0.15) is 4.88 Å². The first-order chi connectivity index (χ1) is 9.18. The van der Waals surface area contributed by atoms with Gasteiger partial charge >= 0.3 is 5.97 Å². The minimum atomic E-state index is -0.877. The van der Waals surface area contributed by atoms with E-state index in [0.29, 0.717) is 4.88 Å². The molecule has 0 aliphatic heterocycles. The molecule has 0 amide bonds. The predicted octanol–water partition coefficient (Wildman–Crippen LogP) is 3.97. The van der Waals surface area contributed by atoms with E-state index in [4.69, 9.17) is 0 Å². The van der Waals surface area contributed by atoms with Crippen LogP contribution in [0, 0.1) is 6.92 Å². The number of nitrogens with zero attached hydrogens (tertiary/aromatic N) is 1. The Balaban J connectivity index is 2.35. The van der Waals surface area contributed by atoms with Crippen molar-refractivity contribution in [1.82, 2.24) is 4.98 Å². The SMILES string of the molecule is Cc1c(C(=O)O)sc2cncc(-c3ccccc3)c12. The lowest BCUT2D eigenvalue weighted by molar-refractivity contribution is 0.0701. The largest absolute Gasteiger partial charge is 0.477 e. The molecule has 3 nitrogen and oxygen atoms in total. The van der Waals surface area contributed by atoms with Gasteiger partial charge in [0.25, 0.3) is 0 Å². The molecule has 0 fully saturated rings. The third-order valence-electron chi connectivity index (χ3n) is 3.12. The number of pyridine rings is 1. The van der Waals surface area contributed by atoms with Crippen LogP contribution in [0.15, 0.2) is 42.7 Å². The Kier molecular flexibility index (Phi) is 2.80. The molecule has 0 aliphatic carbocycles. The zero-order valence-electron chi connectivity index (χ0n) is 10.3. The molecular formula is C15H11NO2S. The molecule has 1 N–H and O–H groups in total. The molecule has 0 spiro atoms. The number of benzene rings is 1. The lowest BCUT2D eigenvalue weighted by atomic mass is 10.0. The number of hydrogen-bond acceptors (Lipinski definition) is 3. The molecule has 0 saturated carbocycles. The topological polar surface area (TPSA) is 50.2 Å². The zero-order valence-corrected chi connectivity index (χ0v) is 11.1. The Morgan fingerprint density at radius 1 is 1.21 bits per heavy atom. The molecule has 0 unspecified atom stereocenters. The summed E-state index contributed by atoms with van der Waals surface area (Å²) in [4.78, 5) is 15.8. The minimum Gasteiger partial charge on any atom is -0.477 e. The molecule has 19 heavy (non-hydrogen) atoms. The van der Waals surface area contributed by atoms with E-state index >= 15 is 0 Å². The quantitative estimate of drug-likeness (QED) is 0.765. The van der Waals surface area contributed by atoms with Crippen LogP contribution in [0.25, 0.3) is 21.2 Å². The molecule has 3 rings (SSSR count). The molecule has 1 aromatic carbocycles.